The van der Waals surface area contributed by atoms with E-state index in [1.165, 1.54) is 0 Å². The average molecular weight is 309 g/mol. The molecule has 7 nitrogen and oxygen atoms in total. The SMILES string of the molecule is Cc1c(C)c2c(c([N+](=O)[O-])c1O)CCC(C)(CCC(=O)O)O2. The molecule has 0 saturated carbocycles. The number of rotatable bonds is 4. The highest BCUT2D eigenvalue weighted by Crippen LogP contribution is 2.48. The molecule has 0 radical (unpaired) electrons. The maximum absolute atomic E-state index is 11.2. The van der Waals surface area contributed by atoms with Crippen molar-refractivity contribution in [2.45, 2.75) is 52.1 Å². The van der Waals surface area contributed by atoms with E-state index in [1.807, 2.05) is 6.92 Å². The summed E-state index contributed by atoms with van der Waals surface area (Å²) >= 11 is 0. The van der Waals surface area contributed by atoms with Crippen molar-refractivity contribution >= 4 is 11.7 Å². The summed E-state index contributed by atoms with van der Waals surface area (Å²) in [6.07, 6.45) is 1.14. The van der Waals surface area contributed by atoms with E-state index in [0.717, 1.165) is 0 Å². The van der Waals surface area contributed by atoms with Gasteiger partial charge < -0.3 is 14.9 Å². The molecule has 0 aromatic heterocycles. The fourth-order valence-corrected chi connectivity index (χ4v) is 2.80. The van der Waals surface area contributed by atoms with E-state index < -0.39 is 16.5 Å². The number of carbonyl (C=O) groups is 1. The van der Waals surface area contributed by atoms with Gasteiger partial charge >= 0.3 is 11.7 Å². The standard InChI is InChI=1S/C15H19NO6/c1-8-9(2)14-10(12(13(8)19)16(20)21)4-6-15(3,22-14)7-5-11(17)18/h19H,4-7H2,1-3H3,(H,17,18). The van der Waals surface area contributed by atoms with Gasteiger partial charge in [0.25, 0.3) is 0 Å². The van der Waals surface area contributed by atoms with Crippen molar-refractivity contribution in [3.05, 3.63) is 26.8 Å². The fourth-order valence-electron chi connectivity index (χ4n) is 2.80. The van der Waals surface area contributed by atoms with Crippen LogP contribution in [0, 0.1) is 24.0 Å². The first-order valence-electron chi connectivity index (χ1n) is 7.06. The number of nitro benzene ring substituents is 1. The molecular formula is C15H19NO6. The molecule has 1 heterocycles. The lowest BCUT2D eigenvalue weighted by Crippen LogP contribution is -2.37. The van der Waals surface area contributed by atoms with Crippen LogP contribution in [0.5, 0.6) is 11.5 Å². The lowest BCUT2D eigenvalue weighted by Gasteiger charge is -2.36. The number of hydrogen-bond donors (Lipinski definition) is 2. The minimum atomic E-state index is -0.903. The fraction of sp³-hybridized carbons (Fsp3) is 0.533. The topological polar surface area (TPSA) is 110 Å². The van der Waals surface area contributed by atoms with Gasteiger partial charge in [-0.25, -0.2) is 0 Å². The summed E-state index contributed by atoms with van der Waals surface area (Å²) in [5.74, 6) is -0.819. The summed E-state index contributed by atoms with van der Waals surface area (Å²) < 4.78 is 5.95. The number of phenolic OH excluding ortho intramolecular Hbond substituents is 1. The van der Waals surface area contributed by atoms with Gasteiger partial charge in [0.2, 0.25) is 0 Å². The average Bonchev–Trinajstić information content (AvgIpc) is 2.44. The number of carboxylic acid groups (broad SMARTS) is 1. The number of nitro groups is 1. The third-order valence-corrected chi connectivity index (χ3v) is 4.35. The van der Waals surface area contributed by atoms with Crippen LogP contribution in [0.4, 0.5) is 5.69 Å². The van der Waals surface area contributed by atoms with Gasteiger partial charge in [-0.15, -0.1) is 0 Å². The molecular weight excluding hydrogens is 290 g/mol. The molecule has 0 amide bonds. The molecule has 22 heavy (non-hydrogen) atoms. The van der Waals surface area contributed by atoms with Crippen molar-refractivity contribution < 1.29 is 24.7 Å². The molecule has 1 unspecified atom stereocenters. The van der Waals surface area contributed by atoms with Crippen molar-refractivity contribution in [1.82, 2.24) is 0 Å². The lowest BCUT2D eigenvalue weighted by atomic mass is 9.86. The summed E-state index contributed by atoms with van der Waals surface area (Å²) in [5.41, 5.74) is 0.469. The summed E-state index contributed by atoms with van der Waals surface area (Å²) in [6, 6.07) is 0. The summed E-state index contributed by atoms with van der Waals surface area (Å²) in [5, 5.41) is 30.1. The Morgan fingerprint density at radius 1 is 1.41 bits per heavy atom. The molecule has 1 aromatic carbocycles. The molecule has 1 aliphatic heterocycles. The van der Waals surface area contributed by atoms with E-state index in [2.05, 4.69) is 0 Å². The van der Waals surface area contributed by atoms with E-state index in [0.29, 0.717) is 41.7 Å². The Hall–Kier alpha value is -2.31. The van der Waals surface area contributed by atoms with Crippen LogP contribution >= 0.6 is 0 Å². The molecule has 120 valence electrons. The van der Waals surface area contributed by atoms with Gasteiger partial charge in [0.05, 0.1) is 10.5 Å². The van der Waals surface area contributed by atoms with Gasteiger partial charge in [0.15, 0.2) is 5.75 Å². The zero-order chi connectivity index (χ0) is 16.7. The van der Waals surface area contributed by atoms with Gasteiger partial charge in [-0.2, -0.15) is 0 Å². The van der Waals surface area contributed by atoms with Crippen LogP contribution in [0.1, 0.15) is 42.9 Å². The van der Waals surface area contributed by atoms with Gasteiger partial charge in [0.1, 0.15) is 11.4 Å². The van der Waals surface area contributed by atoms with Gasteiger partial charge in [0, 0.05) is 12.0 Å². The summed E-state index contributed by atoms with van der Waals surface area (Å²) in [7, 11) is 0. The molecule has 2 rings (SSSR count). The smallest absolute Gasteiger partial charge is 0.317 e. The molecule has 0 bridgehead atoms. The van der Waals surface area contributed by atoms with Crippen LogP contribution in [0.15, 0.2) is 0 Å². The van der Waals surface area contributed by atoms with Crippen molar-refractivity contribution in [3.63, 3.8) is 0 Å². The van der Waals surface area contributed by atoms with Crippen LogP contribution in [0.2, 0.25) is 0 Å². The van der Waals surface area contributed by atoms with E-state index in [1.54, 1.807) is 13.8 Å². The second kappa shape index (κ2) is 5.47. The highest BCUT2D eigenvalue weighted by atomic mass is 16.6. The van der Waals surface area contributed by atoms with Gasteiger partial charge in [-0.1, -0.05) is 0 Å². The molecule has 1 aliphatic rings. The Bertz CT molecular complexity index is 654. The minimum Gasteiger partial charge on any atom is -0.502 e. The Balaban J connectivity index is 2.48. The van der Waals surface area contributed by atoms with Crippen molar-refractivity contribution in [3.8, 4) is 11.5 Å². The molecule has 0 saturated heterocycles. The maximum atomic E-state index is 11.2. The third-order valence-electron chi connectivity index (χ3n) is 4.35. The maximum Gasteiger partial charge on any atom is 0.317 e. The van der Waals surface area contributed by atoms with Crippen molar-refractivity contribution in [2.75, 3.05) is 0 Å². The van der Waals surface area contributed by atoms with E-state index >= 15 is 0 Å². The number of hydrogen-bond acceptors (Lipinski definition) is 5. The largest absolute Gasteiger partial charge is 0.502 e. The molecule has 0 spiro atoms. The highest BCUT2D eigenvalue weighted by molar-refractivity contribution is 5.67. The minimum absolute atomic E-state index is 0.0238. The van der Waals surface area contributed by atoms with E-state index in [4.69, 9.17) is 9.84 Å². The molecule has 0 aliphatic carbocycles. The third kappa shape index (κ3) is 2.70. The lowest BCUT2D eigenvalue weighted by molar-refractivity contribution is -0.386. The van der Waals surface area contributed by atoms with Gasteiger partial charge in [-0.3, -0.25) is 14.9 Å². The predicted octanol–water partition coefficient (Wildman–Crippen LogP) is 2.87. The number of nitrogens with zero attached hydrogens (tertiary/aromatic N) is 1. The summed E-state index contributed by atoms with van der Waals surface area (Å²) in [6.45, 7) is 5.15. The predicted molar refractivity (Wildman–Crippen MR) is 78.5 cm³/mol. The number of fused-ring (bicyclic) bond motifs is 1. The molecule has 7 heteroatoms. The number of aliphatic carboxylic acids is 1. The first-order valence-corrected chi connectivity index (χ1v) is 7.06. The Morgan fingerprint density at radius 3 is 2.59 bits per heavy atom. The van der Waals surface area contributed by atoms with Crippen molar-refractivity contribution in [2.24, 2.45) is 0 Å². The van der Waals surface area contributed by atoms with E-state index in [-0.39, 0.29) is 17.9 Å². The van der Waals surface area contributed by atoms with Crippen LogP contribution < -0.4 is 4.74 Å². The molecule has 1 aromatic rings. The van der Waals surface area contributed by atoms with Crippen molar-refractivity contribution in [1.29, 1.82) is 0 Å². The Morgan fingerprint density at radius 2 is 2.05 bits per heavy atom. The Kier molecular flexibility index (Phi) is 4.00. The number of aromatic hydroxyl groups is 1. The molecule has 2 N–H and O–H groups in total. The monoisotopic (exact) mass is 309 g/mol. The number of benzene rings is 1. The van der Waals surface area contributed by atoms with Crippen LogP contribution in [-0.2, 0) is 11.2 Å². The highest BCUT2D eigenvalue weighted by Gasteiger charge is 2.38. The quantitative estimate of drug-likeness (QED) is 0.653. The number of ether oxygens (including phenoxy) is 1. The van der Waals surface area contributed by atoms with Crippen LogP contribution in [0.3, 0.4) is 0 Å². The molecule has 0 fully saturated rings. The number of carboxylic acids is 1. The zero-order valence-corrected chi connectivity index (χ0v) is 12.8. The molecule has 1 atom stereocenters. The van der Waals surface area contributed by atoms with Crippen LogP contribution in [-0.4, -0.2) is 26.7 Å². The normalized spacial score (nSPS) is 20.1. The van der Waals surface area contributed by atoms with Crippen LogP contribution in [0.25, 0.3) is 0 Å². The Labute approximate surface area is 127 Å². The first-order chi connectivity index (χ1) is 10.2. The second-order valence-electron chi connectivity index (χ2n) is 5.96. The summed E-state index contributed by atoms with van der Waals surface area (Å²) in [4.78, 5) is 21.4. The first kappa shape index (κ1) is 16.1. The second-order valence-corrected chi connectivity index (χ2v) is 5.96. The number of phenols is 1. The van der Waals surface area contributed by atoms with Gasteiger partial charge in [-0.05, 0) is 45.6 Å². The zero-order valence-electron chi connectivity index (χ0n) is 12.8. The van der Waals surface area contributed by atoms with E-state index in [9.17, 15) is 20.0 Å².